The number of carbonyl (C=O) groups is 7. The minimum atomic E-state index is -1.14. The van der Waals surface area contributed by atoms with Crippen molar-refractivity contribution >= 4 is 64.0 Å². The summed E-state index contributed by atoms with van der Waals surface area (Å²) in [5.74, 6) is -8.44. The number of rotatable bonds is 19. The molecule has 1 fully saturated rings. The lowest BCUT2D eigenvalue weighted by molar-refractivity contribution is -0.197. The minimum absolute atomic E-state index is 0.0294. The number of esters is 4. The number of methoxy groups -OCH3 is 4. The van der Waals surface area contributed by atoms with E-state index in [1.54, 1.807) is 0 Å². The highest BCUT2D eigenvalue weighted by Gasteiger charge is 2.33. The zero-order valence-corrected chi connectivity index (χ0v) is 36.2. The number of nitrogens with zero attached hydrogens (tertiary/aromatic N) is 3. The highest BCUT2D eigenvalue weighted by atomic mass is 19.1. The molecule has 0 spiro atoms. The van der Waals surface area contributed by atoms with E-state index in [1.807, 2.05) is 0 Å². The van der Waals surface area contributed by atoms with Crippen LogP contribution in [-0.2, 0) is 63.8 Å². The Kier molecular flexibility index (Phi) is 15.2. The first-order valence-corrected chi connectivity index (χ1v) is 20.0. The molecule has 20 nitrogen and oxygen atoms in total. The average Bonchev–Trinajstić information content (AvgIpc) is 3.62. The van der Waals surface area contributed by atoms with Gasteiger partial charge in [-0.05, 0) is 47.5 Å². The molecule has 1 saturated heterocycles. The van der Waals surface area contributed by atoms with E-state index in [0.717, 1.165) is 52.7 Å². The molecule has 3 aliphatic rings. The molecule has 2 aliphatic heterocycles. The van der Waals surface area contributed by atoms with Crippen LogP contribution in [0.15, 0.2) is 69.9 Å². The highest BCUT2D eigenvalue weighted by molar-refractivity contribution is 6.03. The van der Waals surface area contributed by atoms with Gasteiger partial charge in [-0.15, -0.1) is 5.06 Å². The Balaban J connectivity index is 1.38. The molecule has 0 radical (unpaired) electrons. The van der Waals surface area contributed by atoms with Crippen LogP contribution < -0.4 is 24.7 Å². The van der Waals surface area contributed by atoms with Gasteiger partial charge in [-0.3, -0.25) is 33.6 Å². The van der Waals surface area contributed by atoms with Crippen LogP contribution in [0.4, 0.5) is 20.2 Å². The number of phenolic OH excluding ortho intramolecular Hbond substituents is 1. The molecule has 3 aromatic rings. The number of halogens is 2. The van der Waals surface area contributed by atoms with Gasteiger partial charge in [-0.1, -0.05) is 12.1 Å². The Morgan fingerprint density at radius 2 is 1.22 bits per heavy atom. The number of hydroxylamine groups is 2. The fourth-order valence-electron chi connectivity index (χ4n) is 6.90. The Labute approximate surface area is 378 Å². The fourth-order valence-corrected chi connectivity index (χ4v) is 6.90. The number of benzene rings is 4. The van der Waals surface area contributed by atoms with Gasteiger partial charge in [0.15, 0.2) is 17.4 Å². The van der Waals surface area contributed by atoms with Crippen molar-refractivity contribution in [3.8, 4) is 39.7 Å². The molecule has 0 bridgehead atoms. The number of hydrogen-bond donors (Lipinski definition) is 1. The number of phenols is 1. The second kappa shape index (κ2) is 21.1. The third kappa shape index (κ3) is 11.3. The number of fused-ring (bicyclic) bond motifs is 2. The van der Waals surface area contributed by atoms with Gasteiger partial charge in [0.25, 0.3) is 11.8 Å². The summed E-state index contributed by atoms with van der Waals surface area (Å²) in [6, 6.07) is 12.4. The zero-order chi connectivity index (χ0) is 48.5. The summed E-state index contributed by atoms with van der Waals surface area (Å²) in [4.78, 5) is 107. The molecule has 352 valence electrons. The summed E-state index contributed by atoms with van der Waals surface area (Å²) in [6.45, 7) is -2.60. The minimum Gasteiger partial charge on any atom is -0.505 e. The standard InChI is InChI=1S/C45H41F2N3O17/c1-60-41(56)20-48(21-42(57)61-2)30-7-6-25(45-26-16-28(46)32(51)18-35(26)66-36-19-33(52)29(47)17-27(36)45)15-37(30)65-12-11-64-34-8-5-24(14-40(55)67-50-38(53)9-10-39(50)54)13-31(34)49(22-43(58)62-3)23-44(59)63-4/h5-8,13,15-19,51H,9-12,14,20-23H2,1-4H3. The molecular formula is C45H41F2N3O17. The quantitative estimate of drug-likeness (QED) is 0.0410. The van der Waals surface area contributed by atoms with Crippen molar-refractivity contribution in [1.29, 1.82) is 0 Å². The van der Waals surface area contributed by atoms with Gasteiger partial charge in [0.2, 0.25) is 5.43 Å². The predicted molar refractivity (Wildman–Crippen MR) is 227 cm³/mol. The maximum Gasteiger partial charge on any atom is 0.337 e. The highest BCUT2D eigenvalue weighted by Crippen LogP contribution is 2.44. The van der Waals surface area contributed by atoms with Gasteiger partial charge in [-0.25, -0.2) is 13.6 Å². The largest absolute Gasteiger partial charge is 0.505 e. The lowest BCUT2D eigenvalue weighted by Gasteiger charge is -2.26. The zero-order valence-electron chi connectivity index (χ0n) is 36.2. The van der Waals surface area contributed by atoms with Gasteiger partial charge in [0.1, 0.15) is 62.2 Å². The van der Waals surface area contributed by atoms with E-state index >= 15 is 0 Å². The first-order valence-electron chi connectivity index (χ1n) is 20.0. The Morgan fingerprint density at radius 3 is 1.81 bits per heavy atom. The Morgan fingerprint density at radius 1 is 0.657 bits per heavy atom. The van der Waals surface area contributed by atoms with Crippen molar-refractivity contribution < 1.29 is 85.1 Å². The first kappa shape index (κ1) is 48.2. The van der Waals surface area contributed by atoms with Crippen LogP contribution in [0.5, 0.6) is 17.2 Å². The van der Waals surface area contributed by atoms with E-state index in [9.17, 15) is 52.2 Å². The van der Waals surface area contributed by atoms with Gasteiger partial charge in [0, 0.05) is 41.5 Å². The average molecular weight is 934 g/mol. The van der Waals surface area contributed by atoms with Gasteiger partial charge in [0.05, 0.1) is 46.2 Å². The number of hydrogen-bond acceptors (Lipinski definition) is 19. The van der Waals surface area contributed by atoms with E-state index in [2.05, 4.69) is 0 Å². The third-order valence-electron chi connectivity index (χ3n) is 10.1. The molecule has 3 aromatic carbocycles. The van der Waals surface area contributed by atoms with E-state index in [4.69, 9.17) is 37.7 Å². The Bertz CT molecular complexity index is 2740. The van der Waals surface area contributed by atoms with Crippen molar-refractivity contribution in [2.24, 2.45) is 0 Å². The van der Waals surface area contributed by atoms with Crippen LogP contribution in [0.2, 0.25) is 0 Å². The molecule has 2 heterocycles. The number of imide groups is 1. The van der Waals surface area contributed by atoms with Crippen LogP contribution in [0.1, 0.15) is 18.4 Å². The normalized spacial score (nSPS) is 12.2. The molecule has 1 aliphatic carbocycles. The van der Waals surface area contributed by atoms with Gasteiger partial charge < -0.3 is 52.6 Å². The topological polar surface area (TPSA) is 244 Å². The second-order valence-electron chi connectivity index (χ2n) is 14.5. The van der Waals surface area contributed by atoms with Crippen molar-refractivity contribution in [2.75, 3.05) is 77.6 Å². The van der Waals surface area contributed by atoms with Gasteiger partial charge >= 0.3 is 29.8 Å². The van der Waals surface area contributed by atoms with Crippen LogP contribution >= 0.6 is 0 Å². The molecule has 0 atom stereocenters. The Hall–Kier alpha value is -8.30. The summed E-state index contributed by atoms with van der Waals surface area (Å²) >= 11 is 0. The van der Waals surface area contributed by atoms with Crippen molar-refractivity contribution in [1.82, 2.24) is 5.06 Å². The maximum absolute atomic E-state index is 15.0. The molecule has 0 saturated carbocycles. The summed E-state index contributed by atoms with van der Waals surface area (Å²) in [7, 11) is 4.53. The summed E-state index contributed by atoms with van der Waals surface area (Å²) in [5.41, 5.74) is -0.228. The predicted octanol–water partition coefficient (Wildman–Crippen LogP) is 3.46. The van der Waals surface area contributed by atoms with Crippen molar-refractivity contribution in [3.05, 3.63) is 88.1 Å². The summed E-state index contributed by atoms with van der Waals surface area (Å²) < 4.78 is 67.4. The van der Waals surface area contributed by atoms with Crippen LogP contribution in [0.3, 0.4) is 0 Å². The molecule has 0 unspecified atom stereocenters. The van der Waals surface area contributed by atoms with Crippen LogP contribution in [0.25, 0.3) is 33.4 Å². The molecular weight excluding hydrogens is 892 g/mol. The molecule has 22 heteroatoms. The van der Waals surface area contributed by atoms with Crippen LogP contribution in [-0.4, -0.2) is 120 Å². The fraction of sp³-hybridized carbons (Fsp3) is 0.289. The van der Waals surface area contributed by atoms with Crippen molar-refractivity contribution in [2.45, 2.75) is 19.3 Å². The lowest BCUT2D eigenvalue weighted by atomic mass is 9.93. The molecule has 0 aromatic heterocycles. The molecule has 6 rings (SSSR count). The third-order valence-corrected chi connectivity index (χ3v) is 10.1. The van der Waals surface area contributed by atoms with Gasteiger partial charge in [-0.2, -0.15) is 0 Å². The maximum atomic E-state index is 15.0. The smallest absolute Gasteiger partial charge is 0.337 e. The van der Waals surface area contributed by atoms with Crippen LogP contribution in [0, 0.1) is 11.6 Å². The van der Waals surface area contributed by atoms with E-state index in [-0.39, 0.29) is 87.9 Å². The molecule has 67 heavy (non-hydrogen) atoms. The first-order chi connectivity index (χ1) is 32.0. The number of carbonyl (C=O) groups excluding carboxylic acids is 7. The summed E-state index contributed by atoms with van der Waals surface area (Å²) in [6.07, 6.45) is -0.710. The van der Waals surface area contributed by atoms with E-state index in [0.29, 0.717) is 5.06 Å². The van der Waals surface area contributed by atoms with E-state index in [1.165, 1.54) is 46.2 Å². The monoisotopic (exact) mass is 933 g/mol. The van der Waals surface area contributed by atoms with E-state index < -0.39 is 97.1 Å². The number of aromatic hydroxyl groups is 1. The SMILES string of the molecule is COC(=O)CN(CC(=O)OC)c1ccc(-c2c3cc(F)c(=O)cc-3oc3cc(O)c(F)cc23)cc1OCCOc1ccc(CC(=O)ON2C(=O)CCC2=O)cc1N(CC(=O)OC)CC(=O)OC. The summed E-state index contributed by atoms with van der Waals surface area (Å²) in [5, 5.41) is 10.6. The molecule has 1 N–H and O–H groups in total. The lowest BCUT2D eigenvalue weighted by Crippen LogP contribution is -2.36. The second-order valence-corrected chi connectivity index (χ2v) is 14.5. The van der Waals surface area contributed by atoms with Crippen molar-refractivity contribution in [3.63, 3.8) is 0 Å². The molecule has 2 amide bonds. The number of amides is 2. The number of anilines is 2. The number of ether oxygens (including phenoxy) is 6.